The zero-order valence-electron chi connectivity index (χ0n) is 12.3. The summed E-state index contributed by atoms with van der Waals surface area (Å²) >= 11 is 0. The van der Waals surface area contributed by atoms with Crippen molar-refractivity contribution in [3.8, 4) is 5.69 Å². The molecule has 0 bridgehead atoms. The van der Waals surface area contributed by atoms with Crippen LogP contribution in [0.2, 0.25) is 0 Å². The van der Waals surface area contributed by atoms with Gasteiger partial charge in [0.2, 0.25) is 0 Å². The lowest BCUT2D eigenvalue weighted by molar-refractivity contribution is 0.253. The topological polar surface area (TPSA) is 29.9 Å². The number of hydrogen-bond acceptors (Lipinski definition) is 2. The fraction of sp³-hybridized carbons (Fsp3) is 0.471. The van der Waals surface area contributed by atoms with Crippen LogP contribution in [0.1, 0.15) is 33.1 Å². The molecule has 1 aliphatic carbocycles. The standard InChI is InChI=1S/C17H23N3/c1-13-6-3-9-17(14(13)2)19-15-7-4-8-16(12-15)20-11-5-10-18-20/h4-5,7-8,10-14,17,19H,3,6,9H2,1-2H3. The summed E-state index contributed by atoms with van der Waals surface area (Å²) in [4.78, 5) is 0. The van der Waals surface area contributed by atoms with E-state index in [1.54, 1.807) is 0 Å². The maximum absolute atomic E-state index is 4.29. The highest BCUT2D eigenvalue weighted by atomic mass is 15.3. The van der Waals surface area contributed by atoms with Gasteiger partial charge in [0.05, 0.1) is 5.69 Å². The van der Waals surface area contributed by atoms with Crippen molar-refractivity contribution in [2.45, 2.75) is 39.2 Å². The molecule has 1 heterocycles. The van der Waals surface area contributed by atoms with E-state index in [2.05, 4.69) is 48.5 Å². The number of rotatable bonds is 3. The molecular formula is C17H23N3. The van der Waals surface area contributed by atoms with Crippen LogP contribution in [0.3, 0.4) is 0 Å². The van der Waals surface area contributed by atoms with E-state index in [0.717, 1.165) is 17.5 Å². The number of nitrogens with zero attached hydrogens (tertiary/aromatic N) is 2. The van der Waals surface area contributed by atoms with Gasteiger partial charge in [-0.15, -0.1) is 0 Å². The molecule has 1 aromatic carbocycles. The van der Waals surface area contributed by atoms with Gasteiger partial charge in [0, 0.05) is 24.1 Å². The number of anilines is 1. The SMILES string of the molecule is CC1CCCC(Nc2cccc(-n3cccn3)c2)C1C. The Morgan fingerprint density at radius 2 is 2.10 bits per heavy atom. The zero-order chi connectivity index (χ0) is 13.9. The minimum atomic E-state index is 0.589. The second-order valence-corrected chi connectivity index (χ2v) is 6.02. The highest BCUT2D eigenvalue weighted by Gasteiger charge is 2.26. The van der Waals surface area contributed by atoms with Crippen LogP contribution in [0.25, 0.3) is 5.69 Å². The predicted octanol–water partition coefficient (Wildman–Crippen LogP) is 4.11. The first-order chi connectivity index (χ1) is 9.74. The predicted molar refractivity (Wildman–Crippen MR) is 83.2 cm³/mol. The summed E-state index contributed by atoms with van der Waals surface area (Å²) < 4.78 is 1.90. The van der Waals surface area contributed by atoms with E-state index in [4.69, 9.17) is 0 Å². The monoisotopic (exact) mass is 269 g/mol. The van der Waals surface area contributed by atoms with Gasteiger partial charge in [0.15, 0.2) is 0 Å². The maximum atomic E-state index is 4.29. The molecule has 3 nitrogen and oxygen atoms in total. The molecule has 3 atom stereocenters. The number of nitrogens with one attached hydrogen (secondary N) is 1. The fourth-order valence-electron chi connectivity index (χ4n) is 3.16. The molecular weight excluding hydrogens is 246 g/mol. The molecule has 106 valence electrons. The largest absolute Gasteiger partial charge is 0.382 e. The molecule has 20 heavy (non-hydrogen) atoms. The van der Waals surface area contributed by atoms with Crippen molar-refractivity contribution in [3.05, 3.63) is 42.7 Å². The molecule has 1 fully saturated rings. The second-order valence-electron chi connectivity index (χ2n) is 6.02. The van der Waals surface area contributed by atoms with Gasteiger partial charge in [0.1, 0.15) is 0 Å². The molecule has 0 radical (unpaired) electrons. The molecule has 3 heteroatoms. The Balaban J connectivity index is 1.76. The molecule has 1 aliphatic rings. The van der Waals surface area contributed by atoms with Gasteiger partial charge in [-0.05, 0) is 42.5 Å². The summed E-state index contributed by atoms with van der Waals surface area (Å²) in [6.45, 7) is 4.75. The summed E-state index contributed by atoms with van der Waals surface area (Å²) in [5.74, 6) is 1.55. The van der Waals surface area contributed by atoms with E-state index in [1.807, 2.05) is 23.1 Å². The van der Waals surface area contributed by atoms with Gasteiger partial charge in [-0.3, -0.25) is 0 Å². The minimum Gasteiger partial charge on any atom is -0.382 e. The van der Waals surface area contributed by atoms with E-state index in [-0.39, 0.29) is 0 Å². The maximum Gasteiger partial charge on any atom is 0.0666 e. The van der Waals surface area contributed by atoms with Crippen molar-refractivity contribution in [1.82, 2.24) is 9.78 Å². The van der Waals surface area contributed by atoms with Crippen molar-refractivity contribution < 1.29 is 0 Å². The van der Waals surface area contributed by atoms with Crippen LogP contribution in [0.4, 0.5) is 5.69 Å². The Hall–Kier alpha value is -1.77. The Kier molecular flexibility index (Phi) is 3.77. The summed E-state index contributed by atoms with van der Waals surface area (Å²) in [7, 11) is 0. The van der Waals surface area contributed by atoms with E-state index in [9.17, 15) is 0 Å². The van der Waals surface area contributed by atoms with Gasteiger partial charge in [-0.2, -0.15) is 5.10 Å². The lowest BCUT2D eigenvalue weighted by atomic mass is 9.78. The summed E-state index contributed by atoms with van der Waals surface area (Å²) in [5, 5.41) is 8.01. The normalized spacial score (nSPS) is 26.4. The molecule has 0 aliphatic heterocycles. The Morgan fingerprint density at radius 1 is 1.20 bits per heavy atom. The van der Waals surface area contributed by atoms with Crippen LogP contribution in [-0.2, 0) is 0 Å². The number of aromatic nitrogens is 2. The molecule has 3 rings (SSSR count). The van der Waals surface area contributed by atoms with Crippen molar-refractivity contribution >= 4 is 5.69 Å². The average Bonchev–Trinajstić information content (AvgIpc) is 2.98. The van der Waals surface area contributed by atoms with Crippen LogP contribution >= 0.6 is 0 Å². The summed E-state index contributed by atoms with van der Waals surface area (Å²) in [5.41, 5.74) is 2.31. The van der Waals surface area contributed by atoms with Crippen LogP contribution < -0.4 is 5.32 Å². The van der Waals surface area contributed by atoms with Gasteiger partial charge in [-0.1, -0.05) is 32.8 Å². The van der Waals surface area contributed by atoms with Gasteiger partial charge in [-0.25, -0.2) is 4.68 Å². The lowest BCUT2D eigenvalue weighted by Gasteiger charge is -2.35. The zero-order valence-corrected chi connectivity index (χ0v) is 12.3. The van der Waals surface area contributed by atoms with Crippen molar-refractivity contribution in [3.63, 3.8) is 0 Å². The van der Waals surface area contributed by atoms with Gasteiger partial charge in [0.25, 0.3) is 0 Å². The minimum absolute atomic E-state index is 0.589. The van der Waals surface area contributed by atoms with Crippen LogP contribution in [-0.4, -0.2) is 15.8 Å². The van der Waals surface area contributed by atoms with E-state index in [1.165, 1.54) is 24.9 Å². The highest BCUT2D eigenvalue weighted by Crippen LogP contribution is 2.31. The first-order valence-electron chi connectivity index (χ1n) is 7.60. The second kappa shape index (κ2) is 5.70. The molecule has 3 unspecified atom stereocenters. The van der Waals surface area contributed by atoms with Crippen LogP contribution in [0.15, 0.2) is 42.7 Å². The fourth-order valence-corrected chi connectivity index (χ4v) is 3.16. The quantitative estimate of drug-likeness (QED) is 0.908. The molecule has 0 saturated heterocycles. The molecule has 2 aromatic rings. The van der Waals surface area contributed by atoms with Crippen molar-refractivity contribution in [2.75, 3.05) is 5.32 Å². The average molecular weight is 269 g/mol. The Morgan fingerprint density at radius 3 is 2.90 bits per heavy atom. The molecule has 1 N–H and O–H groups in total. The third-order valence-corrected chi connectivity index (χ3v) is 4.67. The molecule has 1 saturated carbocycles. The molecule has 0 spiro atoms. The van der Waals surface area contributed by atoms with Crippen LogP contribution in [0.5, 0.6) is 0 Å². The lowest BCUT2D eigenvalue weighted by Crippen LogP contribution is -2.35. The molecule has 0 amide bonds. The highest BCUT2D eigenvalue weighted by molar-refractivity contribution is 5.51. The summed E-state index contributed by atoms with van der Waals surface area (Å²) in [6, 6.07) is 11.1. The van der Waals surface area contributed by atoms with E-state index in [0.29, 0.717) is 6.04 Å². The first-order valence-corrected chi connectivity index (χ1v) is 7.60. The first kappa shape index (κ1) is 13.2. The Bertz CT molecular complexity index is 547. The third-order valence-electron chi connectivity index (χ3n) is 4.67. The number of hydrogen-bond donors (Lipinski definition) is 1. The Labute approximate surface area is 121 Å². The smallest absolute Gasteiger partial charge is 0.0666 e. The van der Waals surface area contributed by atoms with Crippen molar-refractivity contribution in [2.24, 2.45) is 11.8 Å². The van der Waals surface area contributed by atoms with Gasteiger partial charge < -0.3 is 5.32 Å². The van der Waals surface area contributed by atoms with Gasteiger partial charge >= 0.3 is 0 Å². The molecule has 1 aromatic heterocycles. The van der Waals surface area contributed by atoms with E-state index < -0.39 is 0 Å². The number of benzene rings is 1. The van der Waals surface area contributed by atoms with E-state index >= 15 is 0 Å². The van der Waals surface area contributed by atoms with Crippen LogP contribution in [0, 0.1) is 11.8 Å². The van der Waals surface area contributed by atoms with Crippen molar-refractivity contribution in [1.29, 1.82) is 0 Å². The third kappa shape index (κ3) is 2.72. The summed E-state index contributed by atoms with van der Waals surface area (Å²) in [6.07, 6.45) is 7.77.